The van der Waals surface area contributed by atoms with Crippen LogP contribution in [0.25, 0.3) is 0 Å². The molecule has 2 heterocycles. The summed E-state index contributed by atoms with van der Waals surface area (Å²) in [5.74, 6) is -0.861. The van der Waals surface area contributed by atoms with E-state index in [0.717, 1.165) is 11.1 Å². The van der Waals surface area contributed by atoms with Crippen LogP contribution < -0.4 is 0 Å². The number of rotatable bonds is 6. The summed E-state index contributed by atoms with van der Waals surface area (Å²) in [5, 5.41) is 9.85. The summed E-state index contributed by atoms with van der Waals surface area (Å²) < 4.78 is 31.2. The van der Waals surface area contributed by atoms with E-state index in [0.29, 0.717) is 44.2 Å². The molecule has 0 unspecified atom stereocenters. The predicted molar refractivity (Wildman–Crippen MR) is 108 cm³/mol. The van der Waals surface area contributed by atoms with Crippen LogP contribution in [-0.2, 0) is 31.7 Å². The van der Waals surface area contributed by atoms with Gasteiger partial charge in [0.25, 0.3) is 0 Å². The Kier molecular flexibility index (Phi) is 5.46. The van der Waals surface area contributed by atoms with Crippen LogP contribution in [0.1, 0.15) is 17.5 Å². The number of aliphatic carboxylic acids is 1. The van der Waals surface area contributed by atoms with Gasteiger partial charge < -0.3 is 9.84 Å². The summed E-state index contributed by atoms with van der Waals surface area (Å²) in [6, 6.07) is 16.0. The van der Waals surface area contributed by atoms with Crippen LogP contribution in [-0.4, -0.2) is 50.7 Å². The Bertz CT molecular complexity index is 991. The lowest BCUT2D eigenvalue weighted by molar-refractivity contribution is -0.157. The van der Waals surface area contributed by atoms with E-state index >= 15 is 0 Å². The number of benzene rings is 2. The summed E-state index contributed by atoms with van der Waals surface area (Å²) in [6.07, 6.45) is 0.521. The van der Waals surface area contributed by atoms with Gasteiger partial charge in [-0.05, 0) is 29.7 Å². The van der Waals surface area contributed by atoms with E-state index in [1.165, 1.54) is 0 Å². The molecule has 154 valence electrons. The van der Waals surface area contributed by atoms with Crippen LogP contribution in [0.15, 0.2) is 59.5 Å². The number of carbonyl (C=O) groups is 1. The smallest absolute Gasteiger partial charge is 0.311 e. The van der Waals surface area contributed by atoms with Gasteiger partial charge in [-0.1, -0.05) is 42.5 Å². The standard InChI is InChI=1S/C22H25NO5S/c24-21(25)22-10-11-28-14-19(22)13-23(16-22)12-17-6-4-5-7-18(17)15-29(26,27)20-8-2-1-3-9-20/h1-9,19H,10-16H2,(H,24,25)/t19-,22+/m1/s1. The molecule has 7 heteroatoms. The van der Waals surface area contributed by atoms with Crippen molar-refractivity contribution in [1.82, 2.24) is 4.90 Å². The van der Waals surface area contributed by atoms with Gasteiger partial charge in [0.1, 0.15) is 0 Å². The van der Waals surface area contributed by atoms with Gasteiger partial charge in [-0.3, -0.25) is 9.69 Å². The van der Waals surface area contributed by atoms with Gasteiger partial charge in [0.05, 0.1) is 22.7 Å². The van der Waals surface area contributed by atoms with E-state index in [-0.39, 0.29) is 11.7 Å². The fraction of sp³-hybridized carbons (Fsp3) is 0.409. The normalized spacial score (nSPS) is 24.9. The summed E-state index contributed by atoms with van der Waals surface area (Å²) in [7, 11) is -3.45. The molecule has 0 saturated carbocycles. The maximum atomic E-state index is 12.8. The highest BCUT2D eigenvalue weighted by atomic mass is 32.2. The highest BCUT2D eigenvalue weighted by Crippen LogP contribution is 2.43. The monoisotopic (exact) mass is 415 g/mol. The van der Waals surface area contributed by atoms with Crippen molar-refractivity contribution in [2.45, 2.75) is 23.6 Å². The number of fused-ring (bicyclic) bond motifs is 1. The molecule has 0 bridgehead atoms. The Morgan fingerprint density at radius 3 is 2.48 bits per heavy atom. The molecule has 2 fully saturated rings. The second kappa shape index (κ2) is 7.89. The van der Waals surface area contributed by atoms with Gasteiger partial charge in [-0.15, -0.1) is 0 Å². The minimum Gasteiger partial charge on any atom is -0.481 e. The van der Waals surface area contributed by atoms with E-state index < -0.39 is 21.2 Å². The van der Waals surface area contributed by atoms with Crippen LogP contribution in [0.3, 0.4) is 0 Å². The first kappa shape index (κ1) is 20.1. The molecule has 29 heavy (non-hydrogen) atoms. The van der Waals surface area contributed by atoms with Crippen LogP contribution in [0.4, 0.5) is 0 Å². The molecule has 2 aliphatic rings. The van der Waals surface area contributed by atoms with Gasteiger partial charge in [0, 0.05) is 32.2 Å². The fourth-order valence-corrected chi connectivity index (χ4v) is 5.96. The third-order valence-corrected chi connectivity index (χ3v) is 7.84. The molecule has 0 aromatic heterocycles. The number of carboxylic acid groups (broad SMARTS) is 1. The highest BCUT2D eigenvalue weighted by molar-refractivity contribution is 7.90. The number of hydrogen-bond donors (Lipinski definition) is 1. The van der Waals surface area contributed by atoms with E-state index in [1.54, 1.807) is 30.3 Å². The molecule has 2 saturated heterocycles. The fourth-order valence-electron chi connectivity index (χ4n) is 4.53. The molecule has 2 atom stereocenters. The van der Waals surface area contributed by atoms with Gasteiger partial charge in [-0.25, -0.2) is 8.42 Å². The molecule has 0 amide bonds. The Hall–Kier alpha value is -2.22. The SMILES string of the molecule is O=C(O)[C@]12CCOC[C@H]1CN(Cc1ccccc1CS(=O)(=O)c1ccccc1)C2. The number of hydrogen-bond acceptors (Lipinski definition) is 5. The zero-order valence-corrected chi connectivity index (χ0v) is 17.0. The first-order chi connectivity index (χ1) is 13.9. The third-order valence-electron chi connectivity index (χ3n) is 6.16. The third kappa shape index (κ3) is 3.95. The molecule has 2 aromatic carbocycles. The minimum absolute atomic E-state index is 0.0334. The summed E-state index contributed by atoms with van der Waals surface area (Å²) in [6.45, 7) is 2.59. The lowest BCUT2D eigenvalue weighted by atomic mass is 9.74. The van der Waals surface area contributed by atoms with Crippen molar-refractivity contribution >= 4 is 15.8 Å². The Morgan fingerprint density at radius 1 is 1.10 bits per heavy atom. The molecular formula is C22H25NO5S. The van der Waals surface area contributed by atoms with Gasteiger partial charge in [-0.2, -0.15) is 0 Å². The van der Waals surface area contributed by atoms with Crippen molar-refractivity contribution in [3.8, 4) is 0 Å². The van der Waals surface area contributed by atoms with E-state index in [9.17, 15) is 18.3 Å². The van der Waals surface area contributed by atoms with E-state index in [2.05, 4.69) is 4.90 Å². The van der Waals surface area contributed by atoms with Crippen molar-refractivity contribution in [1.29, 1.82) is 0 Å². The number of carboxylic acids is 1. The molecule has 0 aliphatic carbocycles. The maximum absolute atomic E-state index is 12.8. The second-order valence-electron chi connectivity index (χ2n) is 7.99. The molecule has 1 N–H and O–H groups in total. The molecule has 2 aromatic rings. The largest absolute Gasteiger partial charge is 0.481 e. The van der Waals surface area contributed by atoms with Crippen LogP contribution in [0.2, 0.25) is 0 Å². The topological polar surface area (TPSA) is 83.9 Å². The maximum Gasteiger partial charge on any atom is 0.311 e. The van der Waals surface area contributed by atoms with Crippen molar-refractivity contribution in [3.05, 3.63) is 65.7 Å². The average Bonchev–Trinajstić information content (AvgIpc) is 3.09. The Labute approximate surface area is 171 Å². The second-order valence-corrected chi connectivity index (χ2v) is 9.98. The lowest BCUT2D eigenvalue weighted by Crippen LogP contribution is -2.44. The molecule has 4 rings (SSSR count). The van der Waals surface area contributed by atoms with Gasteiger partial charge in [0.15, 0.2) is 9.84 Å². The van der Waals surface area contributed by atoms with Crippen molar-refractivity contribution in [3.63, 3.8) is 0 Å². The summed E-state index contributed by atoms with van der Waals surface area (Å²) >= 11 is 0. The first-order valence-corrected chi connectivity index (χ1v) is 11.4. The first-order valence-electron chi connectivity index (χ1n) is 9.79. The Balaban J connectivity index is 1.55. The van der Waals surface area contributed by atoms with Gasteiger partial charge in [0.2, 0.25) is 0 Å². The minimum atomic E-state index is -3.45. The van der Waals surface area contributed by atoms with Crippen molar-refractivity contribution in [2.24, 2.45) is 11.3 Å². The average molecular weight is 416 g/mol. The molecule has 2 aliphatic heterocycles. The van der Waals surface area contributed by atoms with Crippen LogP contribution in [0.5, 0.6) is 0 Å². The van der Waals surface area contributed by atoms with Crippen LogP contribution >= 0.6 is 0 Å². The van der Waals surface area contributed by atoms with E-state index in [4.69, 9.17) is 4.74 Å². The predicted octanol–water partition coefficient (Wildman–Crippen LogP) is 2.58. The molecule has 6 nitrogen and oxygen atoms in total. The number of sulfone groups is 1. The summed E-state index contributed by atoms with van der Waals surface area (Å²) in [4.78, 5) is 14.4. The lowest BCUT2D eigenvalue weighted by Gasteiger charge is -2.34. The highest BCUT2D eigenvalue weighted by Gasteiger charge is 2.53. The van der Waals surface area contributed by atoms with Crippen molar-refractivity contribution < 1.29 is 23.1 Å². The quantitative estimate of drug-likeness (QED) is 0.781. The zero-order chi connectivity index (χ0) is 20.5. The van der Waals surface area contributed by atoms with Gasteiger partial charge >= 0.3 is 5.97 Å². The number of likely N-dealkylation sites (tertiary alicyclic amines) is 1. The van der Waals surface area contributed by atoms with Crippen molar-refractivity contribution in [2.75, 3.05) is 26.3 Å². The zero-order valence-electron chi connectivity index (χ0n) is 16.2. The van der Waals surface area contributed by atoms with Crippen LogP contribution in [0, 0.1) is 11.3 Å². The number of ether oxygens (including phenoxy) is 1. The molecular weight excluding hydrogens is 390 g/mol. The molecule has 0 spiro atoms. The Morgan fingerprint density at radius 2 is 1.79 bits per heavy atom. The molecule has 0 radical (unpaired) electrons. The number of nitrogens with zero attached hydrogens (tertiary/aromatic N) is 1. The summed E-state index contributed by atoms with van der Waals surface area (Å²) in [5.41, 5.74) is 0.919. The van der Waals surface area contributed by atoms with E-state index in [1.807, 2.05) is 24.3 Å².